The van der Waals surface area contributed by atoms with Crippen LogP contribution in [0.15, 0.2) is 12.3 Å². The third kappa shape index (κ3) is 2.82. The Bertz CT molecular complexity index is 429. The number of aromatic nitrogens is 1. The minimum atomic E-state index is -0.615. The number of carbonyl (C=O) groups is 1. The molecule has 0 saturated heterocycles. The Balaban J connectivity index is 2.96. The molecule has 0 aliphatic rings. The lowest BCUT2D eigenvalue weighted by Crippen LogP contribution is -2.25. The summed E-state index contributed by atoms with van der Waals surface area (Å²) in [6.45, 7) is 5.22. The van der Waals surface area contributed by atoms with Crippen LogP contribution in [0, 0.1) is 10.1 Å². The van der Waals surface area contributed by atoms with Crippen molar-refractivity contribution in [2.24, 2.45) is 7.05 Å². The van der Waals surface area contributed by atoms with Gasteiger partial charge in [0, 0.05) is 13.1 Å². The Morgan fingerprint density at radius 1 is 1.50 bits per heavy atom. The Labute approximate surface area is 93.0 Å². The lowest BCUT2D eigenvalue weighted by atomic mass is 10.2. The summed E-state index contributed by atoms with van der Waals surface area (Å²) in [5, 5.41) is 10.5. The van der Waals surface area contributed by atoms with Gasteiger partial charge in [-0.15, -0.1) is 0 Å². The molecule has 0 aliphatic carbocycles. The number of hydrogen-bond donors (Lipinski definition) is 0. The van der Waals surface area contributed by atoms with E-state index in [1.54, 1.807) is 27.8 Å². The quantitative estimate of drug-likeness (QED) is 0.438. The molecule has 0 aromatic carbocycles. The van der Waals surface area contributed by atoms with Gasteiger partial charge in [-0.25, -0.2) is 4.79 Å². The molecule has 0 amide bonds. The predicted octanol–water partition coefficient (Wildman–Crippen LogP) is 1.89. The van der Waals surface area contributed by atoms with Crippen LogP contribution >= 0.6 is 0 Å². The predicted molar refractivity (Wildman–Crippen MR) is 57.2 cm³/mol. The first-order valence-electron chi connectivity index (χ1n) is 4.75. The Kier molecular flexibility index (Phi) is 3.02. The van der Waals surface area contributed by atoms with Crippen molar-refractivity contribution in [1.82, 2.24) is 4.57 Å². The van der Waals surface area contributed by atoms with Crippen LogP contribution in [-0.4, -0.2) is 21.1 Å². The van der Waals surface area contributed by atoms with Gasteiger partial charge in [0.1, 0.15) is 11.3 Å². The van der Waals surface area contributed by atoms with Crippen molar-refractivity contribution < 1.29 is 14.5 Å². The van der Waals surface area contributed by atoms with Gasteiger partial charge >= 0.3 is 5.97 Å². The fraction of sp³-hybridized carbons (Fsp3) is 0.500. The van der Waals surface area contributed by atoms with Gasteiger partial charge in [-0.05, 0) is 20.8 Å². The molecular formula is C10H14N2O4. The van der Waals surface area contributed by atoms with Crippen molar-refractivity contribution in [2.75, 3.05) is 0 Å². The maximum Gasteiger partial charge on any atom is 0.355 e. The molecule has 1 aromatic rings. The van der Waals surface area contributed by atoms with E-state index >= 15 is 0 Å². The number of rotatable bonds is 2. The molecule has 6 nitrogen and oxygen atoms in total. The van der Waals surface area contributed by atoms with E-state index in [0.717, 1.165) is 0 Å². The van der Waals surface area contributed by atoms with Crippen LogP contribution in [0.25, 0.3) is 0 Å². The van der Waals surface area contributed by atoms with Crippen LogP contribution in [0.3, 0.4) is 0 Å². The van der Waals surface area contributed by atoms with Crippen LogP contribution in [0.4, 0.5) is 5.69 Å². The molecule has 6 heteroatoms. The van der Waals surface area contributed by atoms with Crippen molar-refractivity contribution in [3.63, 3.8) is 0 Å². The van der Waals surface area contributed by atoms with Crippen LogP contribution in [0.2, 0.25) is 0 Å². The molecular weight excluding hydrogens is 212 g/mol. The highest BCUT2D eigenvalue weighted by atomic mass is 16.6. The molecule has 0 N–H and O–H groups in total. The molecule has 1 rings (SSSR count). The van der Waals surface area contributed by atoms with E-state index in [2.05, 4.69) is 0 Å². The van der Waals surface area contributed by atoms with E-state index in [-0.39, 0.29) is 11.4 Å². The number of esters is 1. The van der Waals surface area contributed by atoms with Gasteiger partial charge in [-0.1, -0.05) is 0 Å². The average Bonchev–Trinajstić information content (AvgIpc) is 2.44. The van der Waals surface area contributed by atoms with Gasteiger partial charge < -0.3 is 9.30 Å². The number of ether oxygens (including phenoxy) is 1. The Morgan fingerprint density at radius 3 is 2.44 bits per heavy atom. The number of nitrogens with zero attached hydrogens (tertiary/aromatic N) is 2. The summed E-state index contributed by atoms with van der Waals surface area (Å²) >= 11 is 0. The second-order valence-corrected chi connectivity index (χ2v) is 4.45. The molecule has 0 aliphatic heterocycles. The number of carbonyl (C=O) groups excluding carboxylic acids is 1. The zero-order valence-electron chi connectivity index (χ0n) is 9.68. The van der Waals surface area contributed by atoms with E-state index in [0.29, 0.717) is 0 Å². The van der Waals surface area contributed by atoms with Gasteiger partial charge in [0.25, 0.3) is 5.69 Å². The van der Waals surface area contributed by atoms with E-state index in [1.165, 1.54) is 16.8 Å². The summed E-state index contributed by atoms with van der Waals surface area (Å²) in [5.41, 5.74) is -0.569. The molecule has 1 heterocycles. The molecule has 0 spiro atoms. The highest BCUT2D eigenvalue weighted by Crippen LogP contribution is 2.18. The maximum absolute atomic E-state index is 11.7. The first-order chi connectivity index (χ1) is 7.20. The lowest BCUT2D eigenvalue weighted by molar-refractivity contribution is -0.384. The fourth-order valence-corrected chi connectivity index (χ4v) is 1.18. The first kappa shape index (κ1) is 12.2. The maximum atomic E-state index is 11.7. The van der Waals surface area contributed by atoms with Gasteiger partial charge in [0.2, 0.25) is 0 Å². The smallest absolute Gasteiger partial charge is 0.355 e. The van der Waals surface area contributed by atoms with Crippen molar-refractivity contribution in [2.45, 2.75) is 26.4 Å². The van der Waals surface area contributed by atoms with Gasteiger partial charge in [-0.2, -0.15) is 0 Å². The first-order valence-corrected chi connectivity index (χ1v) is 4.75. The fourth-order valence-electron chi connectivity index (χ4n) is 1.18. The number of hydrogen-bond acceptors (Lipinski definition) is 4. The number of aryl methyl sites for hydroxylation is 1. The van der Waals surface area contributed by atoms with E-state index < -0.39 is 16.5 Å². The molecule has 88 valence electrons. The normalized spacial score (nSPS) is 11.2. The standard InChI is InChI=1S/C10H14N2O4/c1-10(2,3)16-9(13)8-5-7(12(14)15)6-11(8)4/h5-6H,1-4H3. The van der Waals surface area contributed by atoms with E-state index in [9.17, 15) is 14.9 Å². The summed E-state index contributed by atoms with van der Waals surface area (Å²) in [4.78, 5) is 21.6. The van der Waals surface area contributed by atoms with E-state index in [4.69, 9.17) is 4.74 Å². The molecule has 0 radical (unpaired) electrons. The van der Waals surface area contributed by atoms with Crippen LogP contribution in [0.5, 0.6) is 0 Å². The van der Waals surface area contributed by atoms with Crippen molar-refractivity contribution in [3.8, 4) is 0 Å². The summed E-state index contributed by atoms with van der Waals surface area (Å²) < 4.78 is 6.50. The molecule has 16 heavy (non-hydrogen) atoms. The lowest BCUT2D eigenvalue weighted by Gasteiger charge is -2.19. The second kappa shape index (κ2) is 3.96. The second-order valence-electron chi connectivity index (χ2n) is 4.45. The third-order valence-electron chi connectivity index (χ3n) is 1.81. The summed E-state index contributed by atoms with van der Waals surface area (Å²) in [5.74, 6) is -0.567. The molecule has 0 saturated carbocycles. The molecule has 0 bridgehead atoms. The van der Waals surface area contributed by atoms with Crippen molar-refractivity contribution >= 4 is 11.7 Å². The minimum Gasteiger partial charge on any atom is -0.455 e. The van der Waals surface area contributed by atoms with Crippen LogP contribution in [0.1, 0.15) is 31.3 Å². The summed E-state index contributed by atoms with van der Waals surface area (Å²) in [6, 6.07) is 1.20. The van der Waals surface area contributed by atoms with Gasteiger partial charge in [0.05, 0.1) is 11.1 Å². The zero-order valence-corrected chi connectivity index (χ0v) is 9.68. The number of nitro groups is 1. The highest BCUT2D eigenvalue weighted by Gasteiger charge is 2.23. The SMILES string of the molecule is Cn1cc([N+](=O)[O-])cc1C(=O)OC(C)(C)C. The monoisotopic (exact) mass is 226 g/mol. The van der Waals surface area contributed by atoms with Crippen molar-refractivity contribution in [1.29, 1.82) is 0 Å². The van der Waals surface area contributed by atoms with Crippen LogP contribution < -0.4 is 0 Å². The Morgan fingerprint density at radius 2 is 2.06 bits per heavy atom. The summed E-state index contributed by atoms with van der Waals surface area (Å²) in [6.07, 6.45) is 1.28. The molecule has 0 atom stereocenters. The molecule has 0 fully saturated rings. The van der Waals surface area contributed by atoms with Crippen LogP contribution in [-0.2, 0) is 11.8 Å². The zero-order chi connectivity index (χ0) is 12.5. The van der Waals surface area contributed by atoms with Gasteiger partial charge in [0.15, 0.2) is 0 Å². The van der Waals surface area contributed by atoms with E-state index in [1.807, 2.05) is 0 Å². The third-order valence-corrected chi connectivity index (χ3v) is 1.81. The topological polar surface area (TPSA) is 74.4 Å². The molecule has 1 aromatic heterocycles. The average molecular weight is 226 g/mol. The largest absolute Gasteiger partial charge is 0.455 e. The Hall–Kier alpha value is -1.85. The van der Waals surface area contributed by atoms with Crippen molar-refractivity contribution in [3.05, 3.63) is 28.1 Å². The highest BCUT2D eigenvalue weighted by molar-refractivity contribution is 5.89. The summed E-state index contributed by atoms with van der Waals surface area (Å²) in [7, 11) is 1.56. The minimum absolute atomic E-state index is 0.122. The van der Waals surface area contributed by atoms with Gasteiger partial charge in [-0.3, -0.25) is 10.1 Å². The molecule has 0 unspecified atom stereocenters.